The van der Waals surface area contributed by atoms with Crippen LogP contribution in [0.4, 0.5) is 0 Å². The molecule has 0 spiro atoms. The Hall–Kier alpha value is -1.60. The van der Waals surface area contributed by atoms with Crippen LogP contribution in [0.1, 0.15) is 18.6 Å². The fourth-order valence-electron chi connectivity index (χ4n) is 1.49. The molecule has 1 rings (SSSR count). The Balaban J connectivity index is 3.18. The molecule has 0 heterocycles. The number of rotatable bonds is 6. The molecule has 1 unspecified atom stereocenters. The van der Waals surface area contributed by atoms with Crippen molar-refractivity contribution in [3.63, 3.8) is 0 Å². The number of para-hydroxylation sites is 1. The molecule has 0 N–H and O–H groups in total. The first-order valence-electron chi connectivity index (χ1n) is 5.57. The lowest BCUT2D eigenvalue weighted by molar-refractivity contribution is -0.151. The lowest BCUT2D eigenvalue weighted by atomic mass is 10.1. The molecular formula is C12H16O6S. The van der Waals surface area contributed by atoms with E-state index in [1.807, 2.05) is 0 Å². The van der Waals surface area contributed by atoms with Gasteiger partial charge in [0.15, 0.2) is 0 Å². The van der Waals surface area contributed by atoms with E-state index >= 15 is 0 Å². The van der Waals surface area contributed by atoms with E-state index in [1.54, 1.807) is 31.2 Å². The fraction of sp³-hybridized carbons (Fsp3) is 0.417. The average molecular weight is 288 g/mol. The molecule has 0 fully saturated rings. The minimum Gasteiger partial charge on any atom is -0.496 e. The van der Waals surface area contributed by atoms with Crippen molar-refractivity contribution in [1.29, 1.82) is 0 Å². The third-order valence-electron chi connectivity index (χ3n) is 2.19. The highest BCUT2D eigenvalue weighted by Gasteiger charge is 2.29. The van der Waals surface area contributed by atoms with E-state index in [4.69, 9.17) is 13.7 Å². The zero-order valence-corrected chi connectivity index (χ0v) is 11.8. The predicted octanol–water partition coefficient (Wildman–Crippen LogP) is 1.28. The van der Waals surface area contributed by atoms with Crippen molar-refractivity contribution in [2.24, 2.45) is 0 Å². The van der Waals surface area contributed by atoms with Crippen LogP contribution >= 0.6 is 0 Å². The van der Waals surface area contributed by atoms with Crippen LogP contribution in [0, 0.1) is 0 Å². The van der Waals surface area contributed by atoms with Crippen molar-refractivity contribution < 1.29 is 26.9 Å². The molecule has 7 heteroatoms. The van der Waals surface area contributed by atoms with Gasteiger partial charge < -0.3 is 9.47 Å². The van der Waals surface area contributed by atoms with E-state index < -0.39 is 22.2 Å². The first-order valence-corrected chi connectivity index (χ1v) is 7.38. The summed E-state index contributed by atoms with van der Waals surface area (Å²) < 4.78 is 37.2. The zero-order valence-electron chi connectivity index (χ0n) is 11.0. The van der Waals surface area contributed by atoms with Gasteiger partial charge in [0.2, 0.25) is 6.10 Å². The second kappa shape index (κ2) is 6.53. The van der Waals surface area contributed by atoms with Crippen LogP contribution in [0.25, 0.3) is 0 Å². The molecule has 0 aliphatic rings. The molecule has 0 bridgehead atoms. The molecule has 1 atom stereocenters. The summed E-state index contributed by atoms with van der Waals surface area (Å²) in [7, 11) is -2.40. The fourth-order valence-corrected chi connectivity index (χ4v) is 2.03. The summed E-state index contributed by atoms with van der Waals surface area (Å²) >= 11 is 0. The normalized spacial score (nSPS) is 12.8. The van der Waals surface area contributed by atoms with E-state index in [2.05, 4.69) is 0 Å². The van der Waals surface area contributed by atoms with Crippen LogP contribution in [-0.2, 0) is 23.8 Å². The molecular weight excluding hydrogens is 272 g/mol. The van der Waals surface area contributed by atoms with Gasteiger partial charge in [0, 0.05) is 5.56 Å². The monoisotopic (exact) mass is 288 g/mol. The van der Waals surface area contributed by atoms with E-state index in [1.165, 1.54) is 7.11 Å². The topological polar surface area (TPSA) is 78.9 Å². The van der Waals surface area contributed by atoms with Gasteiger partial charge in [-0.05, 0) is 13.0 Å². The molecule has 0 saturated heterocycles. The van der Waals surface area contributed by atoms with Crippen LogP contribution in [0.15, 0.2) is 24.3 Å². The summed E-state index contributed by atoms with van der Waals surface area (Å²) in [6, 6.07) is 6.50. The molecule has 0 aliphatic heterocycles. The maximum absolute atomic E-state index is 11.8. The maximum Gasteiger partial charge on any atom is 0.341 e. The van der Waals surface area contributed by atoms with Crippen LogP contribution in [0.3, 0.4) is 0 Å². The van der Waals surface area contributed by atoms with Crippen LogP contribution in [-0.4, -0.2) is 34.4 Å². The number of benzene rings is 1. The highest BCUT2D eigenvalue weighted by Crippen LogP contribution is 2.29. The minimum atomic E-state index is -3.82. The van der Waals surface area contributed by atoms with Crippen molar-refractivity contribution in [3.05, 3.63) is 29.8 Å². The lowest BCUT2D eigenvalue weighted by Gasteiger charge is -2.17. The minimum absolute atomic E-state index is 0.123. The second-order valence-electron chi connectivity index (χ2n) is 3.67. The summed E-state index contributed by atoms with van der Waals surface area (Å²) in [4.78, 5) is 11.8. The Labute approximate surface area is 112 Å². The highest BCUT2D eigenvalue weighted by atomic mass is 32.2. The Bertz CT molecular complexity index is 537. The number of hydrogen-bond donors (Lipinski definition) is 0. The number of ether oxygens (including phenoxy) is 2. The van der Waals surface area contributed by atoms with E-state index in [0.29, 0.717) is 11.3 Å². The quantitative estimate of drug-likeness (QED) is 0.579. The molecule has 0 aromatic heterocycles. The summed E-state index contributed by atoms with van der Waals surface area (Å²) in [5.74, 6) is -0.429. The van der Waals surface area contributed by atoms with Crippen molar-refractivity contribution in [2.45, 2.75) is 13.0 Å². The molecule has 1 aromatic rings. The van der Waals surface area contributed by atoms with Crippen molar-refractivity contribution in [2.75, 3.05) is 20.0 Å². The van der Waals surface area contributed by atoms with Gasteiger partial charge in [-0.2, -0.15) is 8.42 Å². The first-order chi connectivity index (χ1) is 8.89. The molecule has 0 radical (unpaired) electrons. The standard InChI is InChI=1S/C12H16O6S/c1-4-17-12(13)11(18-19(3,14)15)9-7-5-6-8-10(9)16-2/h5-8,11H,4H2,1-3H3. The van der Waals surface area contributed by atoms with Crippen molar-refractivity contribution >= 4 is 16.1 Å². The lowest BCUT2D eigenvalue weighted by Crippen LogP contribution is -2.22. The summed E-state index contributed by atoms with van der Waals surface area (Å²) in [5, 5.41) is 0. The van der Waals surface area contributed by atoms with Crippen LogP contribution in [0.2, 0.25) is 0 Å². The van der Waals surface area contributed by atoms with Gasteiger partial charge in [-0.1, -0.05) is 18.2 Å². The molecule has 0 saturated carbocycles. The zero-order chi connectivity index (χ0) is 14.5. The Morgan fingerprint density at radius 3 is 2.47 bits per heavy atom. The second-order valence-corrected chi connectivity index (χ2v) is 5.28. The molecule has 0 aliphatic carbocycles. The number of esters is 1. The Kier molecular flexibility index (Phi) is 5.31. The molecule has 6 nitrogen and oxygen atoms in total. The number of hydrogen-bond acceptors (Lipinski definition) is 6. The van der Waals surface area contributed by atoms with Gasteiger partial charge in [-0.15, -0.1) is 0 Å². The van der Waals surface area contributed by atoms with Gasteiger partial charge >= 0.3 is 5.97 Å². The largest absolute Gasteiger partial charge is 0.496 e. The first kappa shape index (κ1) is 15.5. The average Bonchev–Trinajstić information content (AvgIpc) is 2.35. The van der Waals surface area contributed by atoms with Gasteiger partial charge in [0.25, 0.3) is 10.1 Å². The van der Waals surface area contributed by atoms with Crippen LogP contribution < -0.4 is 4.74 Å². The smallest absolute Gasteiger partial charge is 0.341 e. The molecule has 0 amide bonds. The SMILES string of the molecule is CCOC(=O)C(OS(C)(=O)=O)c1ccccc1OC. The molecule has 106 valence electrons. The summed E-state index contributed by atoms with van der Waals surface area (Å²) in [5.41, 5.74) is 0.300. The third kappa shape index (κ3) is 4.53. The third-order valence-corrected chi connectivity index (χ3v) is 2.74. The summed E-state index contributed by atoms with van der Waals surface area (Å²) in [6.07, 6.45) is -0.500. The van der Waals surface area contributed by atoms with E-state index in [9.17, 15) is 13.2 Å². The van der Waals surface area contributed by atoms with E-state index in [-0.39, 0.29) is 6.61 Å². The predicted molar refractivity (Wildman–Crippen MR) is 68.3 cm³/mol. The van der Waals surface area contributed by atoms with Gasteiger partial charge in [0.1, 0.15) is 5.75 Å². The highest BCUT2D eigenvalue weighted by molar-refractivity contribution is 7.86. The summed E-state index contributed by atoms with van der Waals surface area (Å²) in [6.45, 7) is 1.75. The van der Waals surface area contributed by atoms with E-state index in [0.717, 1.165) is 6.26 Å². The van der Waals surface area contributed by atoms with Gasteiger partial charge in [-0.3, -0.25) is 0 Å². The number of carbonyl (C=O) groups excluding carboxylic acids is 1. The van der Waals surface area contributed by atoms with Crippen molar-refractivity contribution in [1.82, 2.24) is 0 Å². The Morgan fingerprint density at radius 1 is 1.32 bits per heavy atom. The molecule has 1 aromatic carbocycles. The van der Waals surface area contributed by atoms with Crippen LogP contribution in [0.5, 0.6) is 5.75 Å². The Morgan fingerprint density at radius 2 is 1.95 bits per heavy atom. The van der Waals surface area contributed by atoms with Gasteiger partial charge in [0.05, 0.1) is 20.0 Å². The number of carbonyl (C=O) groups is 1. The van der Waals surface area contributed by atoms with Gasteiger partial charge in [-0.25, -0.2) is 8.98 Å². The molecule has 19 heavy (non-hydrogen) atoms. The van der Waals surface area contributed by atoms with Crippen molar-refractivity contribution in [3.8, 4) is 5.75 Å². The number of methoxy groups -OCH3 is 1. The maximum atomic E-state index is 11.8.